The maximum atomic E-state index is 12.8. The van der Waals surface area contributed by atoms with Gasteiger partial charge in [0.05, 0.1) is 0 Å². The molecule has 0 saturated carbocycles. The van der Waals surface area contributed by atoms with E-state index in [1.807, 2.05) is 49.4 Å². The number of anilines is 1. The van der Waals surface area contributed by atoms with Gasteiger partial charge in [-0.15, -0.1) is 0 Å². The SMILES string of the molecule is C[C@@H]1C[NH+]([C@@H](C)C(=O)Nc2ccccc2-c2ccccc2)C[C@H](C)O1. The Kier molecular flexibility index (Phi) is 5.51. The molecule has 1 amide bonds. The first-order chi connectivity index (χ1) is 12.0. The summed E-state index contributed by atoms with van der Waals surface area (Å²) in [6.07, 6.45) is 0.371. The van der Waals surface area contributed by atoms with Crippen LogP contribution in [0.5, 0.6) is 0 Å². The van der Waals surface area contributed by atoms with Gasteiger partial charge in [-0.05, 0) is 32.4 Å². The summed E-state index contributed by atoms with van der Waals surface area (Å²) in [5, 5.41) is 3.14. The van der Waals surface area contributed by atoms with E-state index in [0.29, 0.717) is 0 Å². The van der Waals surface area contributed by atoms with Gasteiger partial charge in [-0.3, -0.25) is 4.79 Å². The highest BCUT2D eigenvalue weighted by molar-refractivity contribution is 5.97. The lowest BCUT2D eigenvalue weighted by atomic mass is 10.0. The molecular formula is C21H27N2O2+. The smallest absolute Gasteiger partial charge is 0.282 e. The molecule has 4 atom stereocenters. The zero-order chi connectivity index (χ0) is 17.8. The number of morpholine rings is 1. The van der Waals surface area contributed by atoms with Crippen LogP contribution in [0.15, 0.2) is 54.6 Å². The minimum atomic E-state index is -0.113. The van der Waals surface area contributed by atoms with Gasteiger partial charge in [0.15, 0.2) is 6.04 Å². The number of carbonyl (C=O) groups is 1. The van der Waals surface area contributed by atoms with Crippen molar-refractivity contribution in [2.45, 2.75) is 39.0 Å². The molecule has 1 fully saturated rings. The number of hydrogen-bond acceptors (Lipinski definition) is 2. The van der Waals surface area contributed by atoms with E-state index in [-0.39, 0.29) is 24.2 Å². The monoisotopic (exact) mass is 339 g/mol. The van der Waals surface area contributed by atoms with E-state index in [1.165, 1.54) is 4.90 Å². The molecule has 25 heavy (non-hydrogen) atoms. The molecule has 1 aliphatic heterocycles. The van der Waals surface area contributed by atoms with Crippen molar-refractivity contribution in [1.82, 2.24) is 0 Å². The van der Waals surface area contributed by atoms with Crippen LogP contribution < -0.4 is 10.2 Å². The van der Waals surface area contributed by atoms with Crippen LogP contribution in [0, 0.1) is 0 Å². The third kappa shape index (κ3) is 4.27. The van der Waals surface area contributed by atoms with Crippen LogP contribution in [0.2, 0.25) is 0 Å². The van der Waals surface area contributed by atoms with E-state index < -0.39 is 0 Å². The number of quaternary nitrogens is 1. The van der Waals surface area contributed by atoms with Crippen LogP contribution in [0.3, 0.4) is 0 Å². The second-order valence-electron chi connectivity index (χ2n) is 6.95. The van der Waals surface area contributed by atoms with Gasteiger partial charge in [0.1, 0.15) is 25.3 Å². The van der Waals surface area contributed by atoms with Crippen LogP contribution >= 0.6 is 0 Å². The molecule has 132 valence electrons. The van der Waals surface area contributed by atoms with Crippen LogP contribution in [0.4, 0.5) is 5.69 Å². The number of para-hydroxylation sites is 1. The summed E-state index contributed by atoms with van der Waals surface area (Å²) in [7, 11) is 0. The van der Waals surface area contributed by atoms with Crippen LogP contribution in [-0.2, 0) is 9.53 Å². The van der Waals surface area contributed by atoms with Gasteiger partial charge in [-0.2, -0.15) is 0 Å². The zero-order valence-electron chi connectivity index (χ0n) is 15.2. The summed E-state index contributed by atoms with van der Waals surface area (Å²) >= 11 is 0. The standard InChI is InChI=1S/C21H26N2O2/c1-15-13-23(14-16(2)25-15)17(3)21(24)22-20-12-8-7-11-19(20)18-9-5-4-6-10-18/h4-12,15-17H,13-14H2,1-3H3,(H,22,24)/p+1/t15-,16+,17-/m0/s1. The first-order valence-corrected chi connectivity index (χ1v) is 9.00. The largest absolute Gasteiger partial charge is 0.364 e. The lowest BCUT2D eigenvalue weighted by Gasteiger charge is -2.35. The molecule has 0 radical (unpaired) electrons. The molecule has 3 rings (SSSR count). The van der Waals surface area contributed by atoms with Crippen LogP contribution in [0.25, 0.3) is 11.1 Å². The fourth-order valence-electron chi connectivity index (χ4n) is 3.56. The highest BCUT2D eigenvalue weighted by atomic mass is 16.5. The van der Waals surface area contributed by atoms with E-state index in [1.54, 1.807) is 0 Å². The van der Waals surface area contributed by atoms with Crippen LogP contribution in [-0.4, -0.2) is 37.2 Å². The normalized spacial score (nSPS) is 24.5. The molecule has 0 spiro atoms. The average Bonchev–Trinajstić information content (AvgIpc) is 2.61. The lowest BCUT2D eigenvalue weighted by Crippen LogP contribution is -3.19. The van der Waals surface area contributed by atoms with Crippen LogP contribution in [0.1, 0.15) is 20.8 Å². The number of carbonyl (C=O) groups excluding carboxylic acids is 1. The highest BCUT2D eigenvalue weighted by Crippen LogP contribution is 2.27. The van der Waals surface area contributed by atoms with Crippen molar-refractivity contribution >= 4 is 11.6 Å². The Morgan fingerprint density at radius 1 is 1.04 bits per heavy atom. The van der Waals surface area contributed by atoms with Gasteiger partial charge >= 0.3 is 0 Å². The van der Waals surface area contributed by atoms with E-state index in [4.69, 9.17) is 4.74 Å². The van der Waals surface area contributed by atoms with Gasteiger partial charge in [-0.1, -0.05) is 48.5 Å². The minimum Gasteiger partial charge on any atom is -0.364 e. The van der Waals surface area contributed by atoms with Crippen molar-refractivity contribution in [3.05, 3.63) is 54.6 Å². The molecule has 1 saturated heterocycles. The Balaban J connectivity index is 1.75. The van der Waals surface area contributed by atoms with Crippen molar-refractivity contribution in [2.24, 2.45) is 0 Å². The molecule has 1 heterocycles. The summed E-state index contributed by atoms with van der Waals surface area (Å²) in [6.45, 7) is 7.87. The van der Waals surface area contributed by atoms with Gasteiger partial charge in [0.25, 0.3) is 5.91 Å². The summed E-state index contributed by atoms with van der Waals surface area (Å²) < 4.78 is 5.79. The fraction of sp³-hybridized carbons (Fsp3) is 0.381. The van der Waals surface area contributed by atoms with E-state index >= 15 is 0 Å². The third-order valence-corrected chi connectivity index (χ3v) is 4.84. The summed E-state index contributed by atoms with van der Waals surface area (Å²) in [5.41, 5.74) is 3.01. The van der Waals surface area contributed by atoms with E-state index in [2.05, 4.69) is 31.3 Å². The van der Waals surface area contributed by atoms with Crippen molar-refractivity contribution in [3.63, 3.8) is 0 Å². The zero-order valence-corrected chi connectivity index (χ0v) is 15.2. The third-order valence-electron chi connectivity index (χ3n) is 4.84. The molecule has 0 bridgehead atoms. The van der Waals surface area contributed by atoms with E-state index in [0.717, 1.165) is 29.9 Å². The topological polar surface area (TPSA) is 42.8 Å². The van der Waals surface area contributed by atoms with Crippen molar-refractivity contribution < 1.29 is 14.4 Å². The second-order valence-corrected chi connectivity index (χ2v) is 6.95. The van der Waals surface area contributed by atoms with Gasteiger partial charge < -0.3 is 15.0 Å². The number of nitrogens with one attached hydrogen (secondary N) is 2. The van der Waals surface area contributed by atoms with Gasteiger partial charge in [-0.25, -0.2) is 0 Å². The summed E-state index contributed by atoms with van der Waals surface area (Å²) in [6, 6.07) is 18.0. The first kappa shape index (κ1) is 17.6. The molecule has 2 aromatic rings. The Hall–Kier alpha value is -2.17. The molecule has 0 aromatic heterocycles. The average molecular weight is 339 g/mol. The highest BCUT2D eigenvalue weighted by Gasteiger charge is 2.33. The number of hydrogen-bond donors (Lipinski definition) is 2. The molecule has 0 aliphatic carbocycles. The predicted octanol–water partition coefficient (Wildman–Crippen LogP) is 2.37. The van der Waals surface area contributed by atoms with E-state index in [9.17, 15) is 4.79 Å². The molecule has 4 nitrogen and oxygen atoms in total. The number of benzene rings is 2. The number of amides is 1. The fourth-order valence-corrected chi connectivity index (χ4v) is 3.56. The summed E-state index contributed by atoms with van der Waals surface area (Å²) in [5.74, 6) is 0.0553. The van der Waals surface area contributed by atoms with Crippen molar-refractivity contribution in [3.8, 4) is 11.1 Å². The van der Waals surface area contributed by atoms with Gasteiger partial charge in [0.2, 0.25) is 0 Å². The quantitative estimate of drug-likeness (QED) is 0.898. The molecule has 2 N–H and O–H groups in total. The molecule has 2 aromatic carbocycles. The maximum Gasteiger partial charge on any atom is 0.282 e. The Morgan fingerprint density at radius 3 is 2.32 bits per heavy atom. The predicted molar refractivity (Wildman–Crippen MR) is 101 cm³/mol. The molecule has 4 heteroatoms. The van der Waals surface area contributed by atoms with Crippen molar-refractivity contribution in [2.75, 3.05) is 18.4 Å². The number of ether oxygens (including phenoxy) is 1. The lowest BCUT2D eigenvalue weighted by molar-refractivity contribution is -0.928. The Labute approximate surface area is 149 Å². The summed E-state index contributed by atoms with van der Waals surface area (Å²) in [4.78, 5) is 14.1. The Morgan fingerprint density at radius 2 is 1.64 bits per heavy atom. The van der Waals surface area contributed by atoms with Crippen molar-refractivity contribution in [1.29, 1.82) is 0 Å². The first-order valence-electron chi connectivity index (χ1n) is 9.00. The number of rotatable bonds is 4. The molecule has 1 aliphatic rings. The second kappa shape index (κ2) is 7.81. The molecular weight excluding hydrogens is 312 g/mol. The van der Waals surface area contributed by atoms with Gasteiger partial charge in [0, 0.05) is 11.3 Å². The molecule has 1 unspecified atom stereocenters. The maximum absolute atomic E-state index is 12.8. The Bertz CT molecular complexity index is 707. The minimum absolute atomic E-state index is 0.0553.